The maximum absolute atomic E-state index is 13.1. The highest BCUT2D eigenvalue weighted by atomic mass is 32.2. The van der Waals surface area contributed by atoms with Crippen LogP contribution in [0.4, 0.5) is 8.78 Å². The average molecular weight is 302 g/mol. The number of ether oxygens (including phenoxy) is 1. The summed E-state index contributed by atoms with van der Waals surface area (Å²) in [4.78, 5) is 0.703. The van der Waals surface area contributed by atoms with Crippen LogP contribution < -0.4 is 9.46 Å². The van der Waals surface area contributed by atoms with E-state index in [0.717, 1.165) is 11.9 Å². The molecule has 1 unspecified atom stereocenters. The van der Waals surface area contributed by atoms with E-state index in [-0.39, 0.29) is 0 Å². The van der Waals surface area contributed by atoms with Gasteiger partial charge in [-0.25, -0.2) is 13.5 Å². The van der Waals surface area contributed by atoms with E-state index < -0.39 is 12.5 Å². The molecule has 0 amide bonds. The van der Waals surface area contributed by atoms with E-state index in [2.05, 4.69) is 9.10 Å². The highest BCUT2D eigenvalue weighted by Gasteiger charge is 2.23. The van der Waals surface area contributed by atoms with Gasteiger partial charge >= 0.3 is 0 Å². The molecule has 0 fully saturated rings. The molecule has 1 heterocycles. The van der Waals surface area contributed by atoms with E-state index in [1.165, 1.54) is 18.6 Å². The maximum atomic E-state index is 13.1. The fourth-order valence-electron chi connectivity index (χ4n) is 1.48. The van der Waals surface area contributed by atoms with Crippen LogP contribution in [0.5, 0.6) is 5.88 Å². The number of aromatic nitrogens is 1. The molecule has 3 nitrogen and oxygen atoms in total. The highest BCUT2D eigenvalue weighted by Crippen LogP contribution is 2.31. The van der Waals surface area contributed by atoms with Crippen molar-refractivity contribution in [2.24, 2.45) is 0 Å². The lowest BCUT2D eigenvalue weighted by Crippen LogP contribution is -2.21. The first-order valence-corrected chi connectivity index (χ1v) is 7.11. The second-order valence-corrected chi connectivity index (χ2v) is 5.14. The van der Waals surface area contributed by atoms with Gasteiger partial charge in [-0.1, -0.05) is 30.3 Å². The topological polar surface area (TPSA) is 34.1 Å². The Labute approximate surface area is 118 Å². The minimum atomic E-state index is -2.49. The fraction of sp³-hybridized carbons (Fsp3) is 0.250. The van der Waals surface area contributed by atoms with Gasteiger partial charge in [0, 0.05) is 5.38 Å². The number of hydrogen-bond donors (Lipinski definition) is 1. The van der Waals surface area contributed by atoms with E-state index in [4.69, 9.17) is 4.74 Å². The summed E-state index contributed by atoms with van der Waals surface area (Å²) in [6.07, 6.45) is -2.49. The Bertz CT molecular complexity index is 507. The summed E-state index contributed by atoms with van der Waals surface area (Å²) >= 11 is 2.33. The number of methoxy groups -OCH3 is 1. The lowest BCUT2D eigenvalue weighted by atomic mass is 10.1. The van der Waals surface area contributed by atoms with Crippen molar-refractivity contribution in [3.05, 3.63) is 41.3 Å². The first-order chi connectivity index (χ1) is 9.22. The third kappa shape index (κ3) is 3.65. The zero-order valence-electron chi connectivity index (χ0n) is 10.0. The molecule has 0 radical (unpaired) electrons. The lowest BCUT2D eigenvalue weighted by Gasteiger charge is -2.17. The molecule has 7 heteroatoms. The molecule has 0 saturated heterocycles. The fourth-order valence-corrected chi connectivity index (χ4v) is 3.08. The van der Waals surface area contributed by atoms with Crippen LogP contribution in [0.1, 0.15) is 11.6 Å². The molecule has 0 aliphatic rings. The van der Waals surface area contributed by atoms with Gasteiger partial charge in [-0.15, -0.1) is 0 Å². The molecule has 2 rings (SSSR count). The van der Waals surface area contributed by atoms with Gasteiger partial charge in [0.2, 0.25) is 5.88 Å². The average Bonchev–Trinajstić information content (AvgIpc) is 2.87. The Hall–Kier alpha value is -1.18. The molecule has 1 aromatic carbocycles. The summed E-state index contributed by atoms with van der Waals surface area (Å²) < 4.78 is 38.0. The molecular formula is C12H12F2N2OS2. The van der Waals surface area contributed by atoms with Crippen molar-refractivity contribution in [3.8, 4) is 5.88 Å². The van der Waals surface area contributed by atoms with Crippen molar-refractivity contribution in [3.63, 3.8) is 0 Å². The third-order valence-corrected chi connectivity index (χ3v) is 4.05. The highest BCUT2D eigenvalue weighted by molar-refractivity contribution is 7.97. The van der Waals surface area contributed by atoms with Gasteiger partial charge in [0.15, 0.2) is 0 Å². The maximum Gasteiger partial charge on any atom is 0.258 e. The zero-order valence-corrected chi connectivity index (χ0v) is 11.7. The van der Waals surface area contributed by atoms with Gasteiger partial charge in [-0.05, 0) is 29.0 Å². The number of rotatable bonds is 6. The molecule has 0 aliphatic heterocycles. The van der Waals surface area contributed by atoms with E-state index in [9.17, 15) is 8.78 Å². The summed E-state index contributed by atoms with van der Waals surface area (Å²) in [6, 6.07) is 7.59. The molecule has 2 aromatic rings. The van der Waals surface area contributed by atoms with Gasteiger partial charge in [-0.2, -0.15) is 4.37 Å². The molecular weight excluding hydrogens is 290 g/mol. The summed E-state index contributed by atoms with van der Waals surface area (Å²) in [5.74, 6) is 0.448. The summed E-state index contributed by atoms with van der Waals surface area (Å²) in [5.41, 5.74) is 0.548. The van der Waals surface area contributed by atoms with E-state index in [1.807, 2.05) is 0 Å². The quantitative estimate of drug-likeness (QED) is 0.824. The van der Waals surface area contributed by atoms with Crippen LogP contribution in [0.25, 0.3) is 0 Å². The van der Waals surface area contributed by atoms with Crippen LogP contribution in [-0.2, 0) is 0 Å². The van der Waals surface area contributed by atoms with Crippen LogP contribution in [-0.4, -0.2) is 17.9 Å². The number of alkyl halides is 2. The van der Waals surface area contributed by atoms with Crippen LogP contribution in [0.15, 0.2) is 40.6 Å². The Balaban J connectivity index is 2.06. The van der Waals surface area contributed by atoms with Crippen molar-refractivity contribution in [1.82, 2.24) is 9.10 Å². The van der Waals surface area contributed by atoms with Crippen molar-refractivity contribution >= 4 is 23.5 Å². The molecule has 19 heavy (non-hydrogen) atoms. The molecule has 0 aliphatic carbocycles. The zero-order chi connectivity index (χ0) is 13.7. The SMILES string of the molecule is COc1nscc1SNC(c1ccccc1)C(F)F. The minimum absolute atomic E-state index is 0.448. The Morgan fingerprint density at radius 3 is 2.68 bits per heavy atom. The van der Waals surface area contributed by atoms with Crippen molar-refractivity contribution < 1.29 is 13.5 Å². The first kappa shape index (κ1) is 14.2. The number of halogens is 2. The van der Waals surface area contributed by atoms with Gasteiger partial charge in [-0.3, -0.25) is 0 Å². The molecule has 0 spiro atoms. The second-order valence-electron chi connectivity index (χ2n) is 3.63. The lowest BCUT2D eigenvalue weighted by molar-refractivity contribution is 0.110. The Morgan fingerprint density at radius 2 is 2.05 bits per heavy atom. The molecule has 1 aromatic heterocycles. The second kappa shape index (κ2) is 6.83. The molecule has 0 saturated carbocycles. The van der Waals surface area contributed by atoms with E-state index >= 15 is 0 Å². The number of benzene rings is 1. The largest absolute Gasteiger partial charge is 0.480 e. The predicted molar refractivity (Wildman–Crippen MR) is 72.8 cm³/mol. The standard InChI is InChI=1S/C12H12F2N2OS2/c1-17-12-9(7-18-16-12)19-15-10(11(13)14)8-5-3-2-4-6-8/h2-7,10-11,15H,1H3. The molecule has 0 bridgehead atoms. The Kier molecular flexibility index (Phi) is 5.12. The van der Waals surface area contributed by atoms with Crippen LogP contribution in [0.3, 0.4) is 0 Å². The van der Waals surface area contributed by atoms with Gasteiger partial charge < -0.3 is 4.74 Å². The number of nitrogens with zero attached hydrogens (tertiary/aromatic N) is 1. The van der Waals surface area contributed by atoms with Crippen LogP contribution in [0, 0.1) is 0 Å². The monoisotopic (exact) mass is 302 g/mol. The molecule has 1 N–H and O–H groups in total. The summed E-state index contributed by atoms with van der Waals surface area (Å²) in [5, 5.41) is 1.75. The van der Waals surface area contributed by atoms with Gasteiger partial charge in [0.25, 0.3) is 6.43 Å². The minimum Gasteiger partial charge on any atom is -0.480 e. The summed E-state index contributed by atoms with van der Waals surface area (Å²) in [6.45, 7) is 0. The van der Waals surface area contributed by atoms with Crippen LogP contribution >= 0.6 is 23.5 Å². The Morgan fingerprint density at radius 1 is 1.32 bits per heavy atom. The number of hydrogen-bond acceptors (Lipinski definition) is 5. The van der Waals surface area contributed by atoms with Crippen molar-refractivity contribution in [2.75, 3.05) is 7.11 Å². The van der Waals surface area contributed by atoms with Crippen LogP contribution in [0.2, 0.25) is 0 Å². The first-order valence-electron chi connectivity index (χ1n) is 5.46. The van der Waals surface area contributed by atoms with Crippen molar-refractivity contribution in [2.45, 2.75) is 17.4 Å². The number of nitrogens with one attached hydrogen (secondary N) is 1. The smallest absolute Gasteiger partial charge is 0.258 e. The normalized spacial score (nSPS) is 12.6. The molecule has 1 atom stereocenters. The van der Waals surface area contributed by atoms with E-state index in [0.29, 0.717) is 16.3 Å². The van der Waals surface area contributed by atoms with E-state index in [1.54, 1.807) is 35.7 Å². The third-order valence-electron chi connectivity index (χ3n) is 2.41. The van der Waals surface area contributed by atoms with Gasteiger partial charge in [0.1, 0.15) is 6.04 Å². The van der Waals surface area contributed by atoms with Gasteiger partial charge in [0.05, 0.1) is 12.0 Å². The van der Waals surface area contributed by atoms with Crippen molar-refractivity contribution in [1.29, 1.82) is 0 Å². The molecule has 102 valence electrons. The summed E-state index contributed by atoms with van der Waals surface area (Å²) in [7, 11) is 1.50. The predicted octanol–water partition coefficient (Wildman–Crippen LogP) is 3.75.